The van der Waals surface area contributed by atoms with Gasteiger partial charge in [0.25, 0.3) is 0 Å². The number of hydrogen-bond donors (Lipinski definition) is 2. The van der Waals surface area contributed by atoms with Crippen LogP contribution in [0.4, 0.5) is 0 Å². The third-order valence-electron chi connectivity index (χ3n) is 4.07. The van der Waals surface area contributed by atoms with Gasteiger partial charge in [-0.15, -0.1) is 0 Å². The average Bonchev–Trinajstić information content (AvgIpc) is 2.35. The SMILES string of the molecule is CCCNC(C)(CO)COC1CCC(C)(C)CC1. The van der Waals surface area contributed by atoms with Gasteiger partial charge in [-0.2, -0.15) is 0 Å². The van der Waals surface area contributed by atoms with Gasteiger partial charge in [0, 0.05) is 0 Å². The smallest absolute Gasteiger partial charge is 0.0671 e. The lowest BCUT2D eigenvalue weighted by Gasteiger charge is -2.36. The molecule has 0 radical (unpaired) electrons. The first-order chi connectivity index (χ1) is 8.41. The third kappa shape index (κ3) is 5.25. The fourth-order valence-electron chi connectivity index (χ4n) is 2.42. The molecule has 1 aliphatic carbocycles. The Hall–Kier alpha value is -0.120. The van der Waals surface area contributed by atoms with E-state index in [4.69, 9.17) is 4.74 Å². The predicted octanol–water partition coefficient (Wildman–Crippen LogP) is 2.72. The molecule has 0 aliphatic heterocycles. The zero-order valence-corrected chi connectivity index (χ0v) is 12.6. The molecule has 0 amide bonds. The maximum absolute atomic E-state index is 9.48. The summed E-state index contributed by atoms with van der Waals surface area (Å²) >= 11 is 0. The number of aliphatic hydroxyl groups is 1. The quantitative estimate of drug-likeness (QED) is 0.737. The Bertz CT molecular complexity index is 233. The molecule has 0 bridgehead atoms. The van der Waals surface area contributed by atoms with Crippen molar-refractivity contribution in [1.29, 1.82) is 0 Å². The van der Waals surface area contributed by atoms with Gasteiger partial charge < -0.3 is 15.2 Å². The predicted molar refractivity (Wildman–Crippen MR) is 75.8 cm³/mol. The van der Waals surface area contributed by atoms with E-state index in [1.807, 2.05) is 6.92 Å². The van der Waals surface area contributed by atoms with Crippen molar-refractivity contribution in [2.45, 2.75) is 71.4 Å². The van der Waals surface area contributed by atoms with Gasteiger partial charge in [-0.3, -0.25) is 0 Å². The summed E-state index contributed by atoms with van der Waals surface area (Å²) in [5.74, 6) is 0. The monoisotopic (exact) mass is 257 g/mol. The maximum Gasteiger partial charge on any atom is 0.0671 e. The molecule has 0 aromatic rings. The number of ether oxygens (including phenoxy) is 1. The molecule has 1 aliphatic rings. The highest BCUT2D eigenvalue weighted by molar-refractivity contribution is 4.84. The van der Waals surface area contributed by atoms with Crippen molar-refractivity contribution in [3.8, 4) is 0 Å². The van der Waals surface area contributed by atoms with Gasteiger partial charge in [-0.05, 0) is 51.0 Å². The zero-order chi connectivity index (χ0) is 13.6. The van der Waals surface area contributed by atoms with Gasteiger partial charge in [-0.25, -0.2) is 0 Å². The summed E-state index contributed by atoms with van der Waals surface area (Å²) in [7, 11) is 0. The maximum atomic E-state index is 9.48. The summed E-state index contributed by atoms with van der Waals surface area (Å²) in [4.78, 5) is 0. The molecule has 1 rings (SSSR count). The molecule has 1 saturated carbocycles. The van der Waals surface area contributed by atoms with Crippen LogP contribution in [-0.2, 0) is 4.74 Å². The molecule has 3 heteroatoms. The summed E-state index contributed by atoms with van der Waals surface area (Å²) in [5.41, 5.74) is 0.198. The van der Waals surface area contributed by atoms with Gasteiger partial charge in [0.2, 0.25) is 0 Å². The van der Waals surface area contributed by atoms with Crippen molar-refractivity contribution < 1.29 is 9.84 Å². The van der Waals surface area contributed by atoms with E-state index in [0.29, 0.717) is 18.1 Å². The number of nitrogens with one attached hydrogen (secondary N) is 1. The fraction of sp³-hybridized carbons (Fsp3) is 1.00. The van der Waals surface area contributed by atoms with Crippen molar-refractivity contribution in [1.82, 2.24) is 5.32 Å². The molecular formula is C15H31NO2. The van der Waals surface area contributed by atoms with Crippen LogP contribution in [0.2, 0.25) is 0 Å². The fourth-order valence-corrected chi connectivity index (χ4v) is 2.42. The molecule has 1 fully saturated rings. The van der Waals surface area contributed by atoms with E-state index in [1.54, 1.807) is 0 Å². The van der Waals surface area contributed by atoms with E-state index < -0.39 is 0 Å². The van der Waals surface area contributed by atoms with Gasteiger partial charge in [0.1, 0.15) is 0 Å². The minimum Gasteiger partial charge on any atom is -0.394 e. The second-order valence-electron chi connectivity index (χ2n) is 6.82. The van der Waals surface area contributed by atoms with Crippen LogP contribution in [0.25, 0.3) is 0 Å². The van der Waals surface area contributed by atoms with Crippen LogP contribution in [0.1, 0.15) is 59.8 Å². The molecular weight excluding hydrogens is 226 g/mol. The summed E-state index contributed by atoms with van der Waals surface area (Å²) < 4.78 is 6.01. The Morgan fingerprint density at radius 1 is 1.33 bits per heavy atom. The van der Waals surface area contributed by atoms with Gasteiger partial charge >= 0.3 is 0 Å². The highest BCUT2D eigenvalue weighted by Gasteiger charge is 2.29. The van der Waals surface area contributed by atoms with E-state index in [9.17, 15) is 5.11 Å². The Morgan fingerprint density at radius 2 is 1.94 bits per heavy atom. The lowest BCUT2D eigenvalue weighted by Crippen LogP contribution is -2.50. The van der Waals surface area contributed by atoms with Crippen molar-refractivity contribution in [3.63, 3.8) is 0 Å². The first kappa shape index (κ1) is 15.9. The molecule has 2 N–H and O–H groups in total. The first-order valence-corrected chi connectivity index (χ1v) is 7.38. The van der Waals surface area contributed by atoms with Gasteiger partial charge in [-0.1, -0.05) is 20.8 Å². The number of hydrogen-bond acceptors (Lipinski definition) is 3. The zero-order valence-electron chi connectivity index (χ0n) is 12.6. The van der Waals surface area contributed by atoms with Crippen LogP contribution >= 0.6 is 0 Å². The highest BCUT2D eigenvalue weighted by Crippen LogP contribution is 2.36. The van der Waals surface area contributed by atoms with Crippen LogP contribution in [0.15, 0.2) is 0 Å². The molecule has 18 heavy (non-hydrogen) atoms. The minimum atomic E-state index is -0.289. The van der Waals surface area contributed by atoms with Crippen LogP contribution in [0.5, 0.6) is 0 Å². The van der Waals surface area contributed by atoms with Crippen molar-refractivity contribution in [2.24, 2.45) is 5.41 Å². The average molecular weight is 257 g/mol. The third-order valence-corrected chi connectivity index (χ3v) is 4.07. The molecule has 0 saturated heterocycles. The first-order valence-electron chi connectivity index (χ1n) is 7.38. The molecule has 0 aromatic carbocycles. The van der Waals surface area contributed by atoms with Crippen molar-refractivity contribution >= 4 is 0 Å². The lowest BCUT2D eigenvalue weighted by molar-refractivity contribution is -0.0332. The van der Waals surface area contributed by atoms with Crippen LogP contribution in [-0.4, -0.2) is 36.5 Å². The molecule has 0 heterocycles. The standard InChI is InChI=1S/C15H31NO2/c1-5-10-16-15(4,11-17)12-18-13-6-8-14(2,3)9-7-13/h13,16-17H,5-12H2,1-4H3. The van der Waals surface area contributed by atoms with Crippen molar-refractivity contribution in [3.05, 3.63) is 0 Å². The normalized spacial score (nSPS) is 23.8. The Labute approximate surface area is 112 Å². The van der Waals surface area contributed by atoms with E-state index in [0.717, 1.165) is 25.8 Å². The largest absolute Gasteiger partial charge is 0.394 e. The van der Waals surface area contributed by atoms with Crippen LogP contribution in [0, 0.1) is 5.41 Å². The Balaban J connectivity index is 2.30. The van der Waals surface area contributed by atoms with Crippen LogP contribution in [0.3, 0.4) is 0 Å². The molecule has 1 atom stereocenters. The summed E-state index contributed by atoms with van der Waals surface area (Å²) in [6, 6.07) is 0. The topological polar surface area (TPSA) is 41.5 Å². The molecule has 108 valence electrons. The van der Waals surface area contributed by atoms with E-state index in [1.165, 1.54) is 12.8 Å². The summed E-state index contributed by atoms with van der Waals surface area (Å²) in [6.07, 6.45) is 6.26. The molecule has 0 spiro atoms. The van der Waals surface area contributed by atoms with E-state index in [2.05, 4.69) is 26.1 Å². The number of aliphatic hydroxyl groups excluding tert-OH is 1. The summed E-state index contributed by atoms with van der Waals surface area (Å²) in [5, 5.41) is 12.9. The second-order valence-corrected chi connectivity index (χ2v) is 6.82. The Morgan fingerprint density at radius 3 is 2.44 bits per heavy atom. The molecule has 3 nitrogen and oxygen atoms in total. The van der Waals surface area contributed by atoms with E-state index in [-0.39, 0.29) is 12.1 Å². The highest BCUT2D eigenvalue weighted by atomic mass is 16.5. The summed E-state index contributed by atoms with van der Waals surface area (Å²) in [6.45, 7) is 10.5. The Kier molecular flexibility index (Phi) is 6.09. The second kappa shape index (κ2) is 6.88. The van der Waals surface area contributed by atoms with Crippen molar-refractivity contribution in [2.75, 3.05) is 19.8 Å². The van der Waals surface area contributed by atoms with Gasteiger partial charge in [0.05, 0.1) is 24.9 Å². The molecule has 1 unspecified atom stereocenters. The lowest BCUT2D eigenvalue weighted by atomic mass is 9.76. The van der Waals surface area contributed by atoms with Gasteiger partial charge in [0.15, 0.2) is 0 Å². The minimum absolute atomic E-state index is 0.130. The number of rotatable bonds is 7. The van der Waals surface area contributed by atoms with E-state index >= 15 is 0 Å². The molecule has 0 aromatic heterocycles. The van der Waals surface area contributed by atoms with Crippen LogP contribution < -0.4 is 5.32 Å².